The number of hydrogen-bond acceptors (Lipinski definition) is 3. The average molecular weight is 303 g/mol. The van der Waals surface area contributed by atoms with Crippen LogP contribution in [0.3, 0.4) is 0 Å². The molecule has 1 heterocycles. The Hall–Kier alpha value is -2.43. The Morgan fingerprint density at radius 3 is 2.41 bits per heavy atom. The molecule has 0 spiro atoms. The van der Waals surface area contributed by atoms with E-state index in [1.807, 2.05) is 0 Å². The molecule has 0 aliphatic carbocycles. The van der Waals surface area contributed by atoms with E-state index < -0.39 is 11.9 Å². The third-order valence-corrected chi connectivity index (χ3v) is 3.55. The fourth-order valence-corrected chi connectivity index (χ4v) is 2.51. The first kappa shape index (κ1) is 15.9. The molecule has 1 atom stereocenters. The summed E-state index contributed by atoms with van der Waals surface area (Å²) in [6.07, 6.45) is -0.867. The number of carbonyl (C=O) groups excluding carboxylic acids is 2. The number of hydrogen-bond donors (Lipinski definition) is 1. The second kappa shape index (κ2) is 6.13. The highest BCUT2D eigenvalue weighted by Gasteiger charge is 2.25. The van der Waals surface area contributed by atoms with Gasteiger partial charge in [0, 0.05) is 11.3 Å². The first-order chi connectivity index (χ1) is 10.3. The van der Waals surface area contributed by atoms with Crippen molar-refractivity contribution in [1.29, 1.82) is 0 Å². The molecular formula is C17H18FNO3. The Bertz CT molecular complexity index is 734. The quantitative estimate of drug-likeness (QED) is 0.858. The molecule has 1 aromatic carbocycles. The van der Waals surface area contributed by atoms with Crippen LogP contribution in [0.25, 0.3) is 0 Å². The van der Waals surface area contributed by atoms with Crippen molar-refractivity contribution in [1.82, 2.24) is 4.98 Å². The third-order valence-electron chi connectivity index (χ3n) is 3.55. The highest BCUT2D eigenvalue weighted by atomic mass is 19.1. The number of benzene rings is 1. The Labute approximate surface area is 128 Å². The number of Topliss-reactive ketones (excluding diaryl/α,β-unsaturated/α-hetero) is 2. The van der Waals surface area contributed by atoms with Gasteiger partial charge in [0.25, 0.3) is 0 Å². The van der Waals surface area contributed by atoms with E-state index >= 15 is 0 Å². The number of nitrogens with one attached hydrogen (secondary N) is 1. The second-order valence-electron chi connectivity index (χ2n) is 5.24. The summed E-state index contributed by atoms with van der Waals surface area (Å²) in [6, 6.07) is 5.91. The number of halogens is 1. The minimum Gasteiger partial charge on any atom is -0.479 e. The van der Waals surface area contributed by atoms with Crippen LogP contribution in [0.5, 0.6) is 5.75 Å². The van der Waals surface area contributed by atoms with Crippen molar-refractivity contribution in [2.45, 2.75) is 33.8 Å². The number of ether oxygens (including phenoxy) is 1. The number of aromatic nitrogens is 1. The first-order valence-electron chi connectivity index (χ1n) is 6.98. The van der Waals surface area contributed by atoms with Gasteiger partial charge in [-0.25, -0.2) is 4.39 Å². The van der Waals surface area contributed by atoms with Crippen LogP contribution in [-0.4, -0.2) is 22.7 Å². The van der Waals surface area contributed by atoms with E-state index in [-0.39, 0.29) is 17.3 Å². The Morgan fingerprint density at radius 2 is 1.86 bits per heavy atom. The molecule has 1 aromatic heterocycles. The first-order valence-corrected chi connectivity index (χ1v) is 6.98. The standard InChI is InChI=1S/C17H18FNO3/c1-9-15(11(3)20)10(2)19-16(9)17(21)12(4)22-14-8-6-5-7-13(14)18/h5-8,12,19H,1-4H3/t12-/m1/s1. The number of para-hydroxylation sites is 1. The summed E-state index contributed by atoms with van der Waals surface area (Å²) >= 11 is 0. The molecule has 0 aliphatic rings. The topological polar surface area (TPSA) is 59.2 Å². The van der Waals surface area contributed by atoms with Gasteiger partial charge in [-0.15, -0.1) is 0 Å². The van der Waals surface area contributed by atoms with Gasteiger partial charge in [-0.2, -0.15) is 0 Å². The zero-order valence-corrected chi connectivity index (χ0v) is 13.0. The van der Waals surface area contributed by atoms with Crippen LogP contribution in [0.2, 0.25) is 0 Å². The van der Waals surface area contributed by atoms with Gasteiger partial charge in [-0.1, -0.05) is 12.1 Å². The highest BCUT2D eigenvalue weighted by molar-refractivity contribution is 6.04. The monoisotopic (exact) mass is 303 g/mol. The number of rotatable bonds is 5. The number of carbonyl (C=O) groups is 2. The van der Waals surface area contributed by atoms with E-state index in [9.17, 15) is 14.0 Å². The molecule has 22 heavy (non-hydrogen) atoms. The maximum atomic E-state index is 13.6. The van der Waals surface area contributed by atoms with Gasteiger partial charge in [0.15, 0.2) is 23.5 Å². The molecule has 2 aromatic rings. The summed E-state index contributed by atoms with van der Waals surface area (Å²) in [5, 5.41) is 0. The SMILES string of the molecule is CC(=O)c1c(C)[nH]c(C(=O)[C@@H](C)Oc2ccccc2F)c1C. The molecule has 0 amide bonds. The second-order valence-corrected chi connectivity index (χ2v) is 5.24. The van der Waals surface area contributed by atoms with Crippen molar-refractivity contribution in [2.24, 2.45) is 0 Å². The van der Waals surface area contributed by atoms with E-state index in [0.717, 1.165) is 0 Å². The van der Waals surface area contributed by atoms with Gasteiger partial charge in [0.05, 0.1) is 5.69 Å². The lowest BCUT2D eigenvalue weighted by atomic mass is 10.0. The van der Waals surface area contributed by atoms with Gasteiger partial charge in [0.1, 0.15) is 0 Å². The summed E-state index contributed by atoms with van der Waals surface area (Å²) in [6.45, 7) is 6.46. The molecule has 4 nitrogen and oxygen atoms in total. The fraction of sp³-hybridized carbons (Fsp3) is 0.294. The van der Waals surface area contributed by atoms with Gasteiger partial charge in [-0.05, 0) is 45.4 Å². The normalized spacial score (nSPS) is 12.0. The number of ketones is 2. The Balaban J connectivity index is 2.27. The van der Waals surface area contributed by atoms with Gasteiger partial charge in [-0.3, -0.25) is 9.59 Å². The minimum atomic E-state index is -0.867. The van der Waals surface area contributed by atoms with E-state index in [0.29, 0.717) is 22.5 Å². The maximum absolute atomic E-state index is 13.6. The molecule has 0 saturated heterocycles. The zero-order valence-electron chi connectivity index (χ0n) is 13.0. The molecule has 0 saturated carbocycles. The van der Waals surface area contributed by atoms with Crippen LogP contribution >= 0.6 is 0 Å². The molecular weight excluding hydrogens is 285 g/mol. The molecule has 0 radical (unpaired) electrons. The lowest BCUT2D eigenvalue weighted by Gasteiger charge is -2.14. The Kier molecular flexibility index (Phi) is 4.45. The summed E-state index contributed by atoms with van der Waals surface area (Å²) in [5.74, 6) is -0.925. The molecule has 0 fully saturated rings. The van der Waals surface area contributed by atoms with E-state index in [4.69, 9.17) is 4.74 Å². The van der Waals surface area contributed by atoms with Gasteiger partial charge < -0.3 is 9.72 Å². The molecule has 116 valence electrons. The van der Waals surface area contributed by atoms with Crippen molar-refractivity contribution in [2.75, 3.05) is 0 Å². The van der Waals surface area contributed by atoms with Crippen molar-refractivity contribution in [3.8, 4) is 5.75 Å². The molecule has 5 heteroatoms. The molecule has 0 aliphatic heterocycles. The number of aromatic amines is 1. The van der Waals surface area contributed by atoms with Gasteiger partial charge in [0.2, 0.25) is 5.78 Å². The van der Waals surface area contributed by atoms with Crippen LogP contribution in [0, 0.1) is 19.7 Å². The van der Waals surface area contributed by atoms with Crippen LogP contribution in [0.1, 0.15) is 46.0 Å². The lowest BCUT2D eigenvalue weighted by molar-refractivity contribution is 0.0807. The minimum absolute atomic E-state index is 0.0241. The smallest absolute Gasteiger partial charge is 0.219 e. The molecule has 1 N–H and O–H groups in total. The van der Waals surface area contributed by atoms with Crippen molar-refractivity contribution in [3.05, 3.63) is 52.6 Å². The van der Waals surface area contributed by atoms with Crippen LogP contribution < -0.4 is 4.74 Å². The van der Waals surface area contributed by atoms with Crippen LogP contribution in [0.15, 0.2) is 24.3 Å². The predicted molar refractivity (Wildman–Crippen MR) is 81.1 cm³/mol. The maximum Gasteiger partial charge on any atom is 0.219 e. The van der Waals surface area contributed by atoms with E-state index in [1.54, 1.807) is 32.9 Å². The van der Waals surface area contributed by atoms with Crippen molar-refractivity contribution >= 4 is 11.6 Å². The van der Waals surface area contributed by atoms with Gasteiger partial charge >= 0.3 is 0 Å². The number of H-pyrrole nitrogens is 1. The summed E-state index contributed by atoms with van der Waals surface area (Å²) in [4.78, 5) is 27.0. The van der Waals surface area contributed by atoms with Crippen LogP contribution in [0.4, 0.5) is 4.39 Å². The van der Waals surface area contributed by atoms with Crippen molar-refractivity contribution < 1.29 is 18.7 Å². The van der Waals surface area contributed by atoms with E-state index in [1.165, 1.54) is 19.1 Å². The molecule has 0 unspecified atom stereocenters. The molecule has 2 rings (SSSR count). The Morgan fingerprint density at radius 1 is 1.23 bits per heavy atom. The molecule has 0 bridgehead atoms. The largest absolute Gasteiger partial charge is 0.479 e. The van der Waals surface area contributed by atoms with Crippen LogP contribution in [-0.2, 0) is 0 Å². The highest BCUT2D eigenvalue weighted by Crippen LogP contribution is 2.22. The summed E-state index contributed by atoms with van der Waals surface area (Å²) < 4.78 is 19.0. The summed E-state index contributed by atoms with van der Waals surface area (Å²) in [7, 11) is 0. The average Bonchev–Trinajstić information content (AvgIpc) is 2.75. The number of aryl methyl sites for hydroxylation is 1. The lowest BCUT2D eigenvalue weighted by Crippen LogP contribution is -2.25. The summed E-state index contributed by atoms with van der Waals surface area (Å²) in [5.41, 5.74) is 2.08. The predicted octanol–water partition coefficient (Wildman–Crippen LogP) is 3.62. The fourth-order valence-electron chi connectivity index (χ4n) is 2.51. The third kappa shape index (κ3) is 2.93. The zero-order chi connectivity index (χ0) is 16.4. The van der Waals surface area contributed by atoms with E-state index in [2.05, 4.69) is 4.98 Å². The van der Waals surface area contributed by atoms with Crippen molar-refractivity contribution in [3.63, 3.8) is 0 Å².